The van der Waals surface area contributed by atoms with Gasteiger partial charge in [-0.25, -0.2) is 9.78 Å². The van der Waals surface area contributed by atoms with E-state index >= 15 is 0 Å². The topological polar surface area (TPSA) is 72.4 Å². The lowest BCUT2D eigenvalue weighted by Crippen LogP contribution is -2.42. The van der Waals surface area contributed by atoms with E-state index in [1.54, 1.807) is 36.3 Å². The van der Waals surface area contributed by atoms with E-state index in [0.717, 1.165) is 6.42 Å². The van der Waals surface area contributed by atoms with Gasteiger partial charge in [-0.1, -0.05) is 6.07 Å². The summed E-state index contributed by atoms with van der Waals surface area (Å²) in [5, 5.41) is 2.71. The van der Waals surface area contributed by atoms with Gasteiger partial charge in [-0.3, -0.25) is 9.78 Å². The third-order valence-electron chi connectivity index (χ3n) is 4.62. The maximum atomic E-state index is 12.7. The molecule has 0 aliphatic carbocycles. The van der Waals surface area contributed by atoms with Crippen LogP contribution in [-0.4, -0.2) is 39.4 Å². The molecule has 0 radical (unpaired) electrons. The summed E-state index contributed by atoms with van der Waals surface area (Å²) in [5.74, 6) is -0.691. The van der Waals surface area contributed by atoms with Crippen LogP contribution in [-0.2, 0) is 22.5 Å². The largest absolute Gasteiger partial charge is 0.448 e. The lowest BCUT2D eigenvalue weighted by Gasteiger charge is -2.29. The van der Waals surface area contributed by atoms with Gasteiger partial charge in [0, 0.05) is 24.2 Å². The molecule has 6 nitrogen and oxygen atoms in total. The molecule has 0 N–H and O–H groups in total. The number of aryl methyl sites for hydroxylation is 1. The highest BCUT2D eigenvalue weighted by Gasteiger charge is 2.29. The van der Waals surface area contributed by atoms with Crippen LogP contribution in [0.4, 0.5) is 0 Å². The molecule has 1 amide bonds. The number of hydrogen-bond acceptors (Lipinski definition) is 7. The lowest BCUT2D eigenvalue weighted by molar-refractivity contribution is -0.140. The van der Waals surface area contributed by atoms with Crippen LogP contribution >= 0.6 is 22.7 Å². The summed E-state index contributed by atoms with van der Waals surface area (Å²) in [4.78, 5) is 37.5. The smallest absolute Gasteiger partial charge is 0.351 e. The summed E-state index contributed by atoms with van der Waals surface area (Å²) < 4.78 is 5.47. The number of rotatable bonds is 4. The van der Waals surface area contributed by atoms with Crippen molar-refractivity contribution < 1.29 is 14.3 Å². The second-order valence-electron chi connectivity index (χ2n) is 6.57. The Morgan fingerprint density at radius 2 is 2.14 bits per heavy atom. The zero-order valence-electron chi connectivity index (χ0n) is 15.5. The van der Waals surface area contributed by atoms with Crippen molar-refractivity contribution in [2.24, 2.45) is 0 Å². The van der Waals surface area contributed by atoms with Gasteiger partial charge in [0.2, 0.25) is 0 Å². The fourth-order valence-electron chi connectivity index (χ4n) is 3.14. The molecule has 144 valence electrons. The number of ether oxygens (including phenoxy) is 1. The van der Waals surface area contributed by atoms with Gasteiger partial charge in [-0.15, -0.1) is 22.7 Å². The van der Waals surface area contributed by atoms with Gasteiger partial charge in [0.15, 0.2) is 6.10 Å². The molecular formula is C20H19N3O3S2. The van der Waals surface area contributed by atoms with Crippen molar-refractivity contribution >= 4 is 34.6 Å². The molecule has 1 aliphatic rings. The standard InChI is InChI=1S/C20H19N3O3S2/c1-12-17(28-18(22-12)15-5-3-4-8-21-15)20(25)26-13(2)19(24)23-9-6-16-14(11-23)7-10-27-16/h3-5,7-8,10,13H,6,9,11H2,1-2H3. The Hall–Kier alpha value is -2.58. The summed E-state index contributed by atoms with van der Waals surface area (Å²) in [7, 11) is 0. The Morgan fingerprint density at radius 3 is 2.93 bits per heavy atom. The number of hydrogen-bond donors (Lipinski definition) is 0. The molecule has 8 heteroatoms. The minimum absolute atomic E-state index is 0.169. The van der Waals surface area contributed by atoms with Gasteiger partial charge in [0.05, 0.1) is 11.4 Å². The van der Waals surface area contributed by atoms with Crippen molar-refractivity contribution in [3.63, 3.8) is 0 Å². The van der Waals surface area contributed by atoms with E-state index in [9.17, 15) is 9.59 Å². The average Bonchev–Trinajstić information content (AvgIpc) is 3.33. The maximum Gasteiger partial charge on any atom is 0.351 e. The Balaban J connectivity index is 1.43. The van der Waals surface area contributed by atoms with E-state index in [1.807, 2.05) is 23.6 Å². The average molecular weight is 414 g/mol. The molecule has 3 aromatic heterocycles. The fraction of sp³-hybridized carbons (Fsp3) is 0.300. The summed E-state index contributed by atoms with van der Waals surface area (Å²) in [6, 6.07) is 7.59. The highest BCUT2D eigenvalue weighted by molar-refractivity contribution is 7.17. The normalized spacial score (nSPS) is 14.4. The van der Waals surface area contributed by atoms with E-state index in [4.69, 9.17) is 4.74 Å². The highest BCUT2D eigenvalue weighted by atomic mass is 32.1. The van der Waals surface area contributed by atoms with Crippen molar-refractivity contribution in [2.45, 2.75) is 32.9 Å². The van der Waals surface area contributed by atoms with E-state index in [0.29, 0.717) is 34.4 Å². The Bertz CT molecular complexity index is 1010. The number of aromatic nitrogens is 2. The number of carbonyl (C=O) groups excluding carboxylic acids is 2. The molecule has 0 saturated carbocycles. The third-order valence-corrected chi connectivity index (χ3v) is 6.80. The molecule has 0 spiro atoms. The quantitative estimate of drug-likeness (QED) is 0.610. The first-order valence-corrected chi connectivity index (χ1v) is 10.7. The van der Waals surface area contributed by atoms with E-state index in [-0.39, 0.29) is 5.91 Å². The van der Waals surface area contributed by atoms with Crippen LogP contribution < -0.4 is 0 Å². The predicted octanol–water partition coefficient (Wildman–Crippen LogP) is 3.71. The highest BCUT2D eigenvalue weighted by Crippen LogP contribution is 2.28. The number of amides is 1. The van der Waals surface area contributed by atoms with E-state index < -0.39 is 12.1 Å². The van der Waals surface area contributed by atoms with Crippen molar-refractivity contribution in [2.75, 3.05) is 6.54 Å². The summed E-state index contributed by atoms with van der Waals surface area (Å²) in [5.41, 5.74) is 2.47. The lowest BCUT2D eigenvalue weighted by atomic mass is 10.1. The fourth-order valence-corrected chi connectivity index (χ4v) is 4.96. The molecule has 0 aromatic carbocycles. The van der Waals surface area contributed by atoms with Crippen molar-refractivity contribution in [3.05, 3.63) is 56.9 Å². The van der Waals surface area contributed by atoms with Crippen LogP contribution in [0.2, 0.25) is 0 Å². The minimum atomic E-state index is -0.840. The van der Waals surface area contributed by atoms with Gasteiger partial charge < -0.3 is 9.64 Å². The number of carbonyl (C=O) groups is 2. The Kier molecular flexibility index (Phi) is 5.23. The molecule has 1 atom stereocenters. The van der Waals surface area contributed by atoms with Gasteiger partial charge in [-0.05, 0) is 49.4 Å². The summed E-state index contributed by atoms with van der Waals surface area (Å²) in [6.07, 6.45) is 1.69. The molecule has 28 heavy (non-hydrogen) atoms. The van der Waals surface area contributed by atoms with Gasteiger partial charge in [0.25, 0.3) is 5.91 Å². The SMILES string of the molecule is Cc1nc(-c2ccccn2)sc1C(=O)OC(C)C(=O)N1CCc2sccc2C1. The summed E-state index contributed by atoms with van der Waals surface area (Å²) >= 11 is 2.95. The number of thiophene rings is 1. The van der Waals surface area contributed by atoms with Crippen LogP contribution in [0, 0.1) is 6.92 Å². The second kappa shape index (κ2) is 7.81. The molecule has 1 aliphatic heterocycles. The van der Waals surface area contributed by atoms with Crippen molar-refractivity contribution in [1.29, 1.82) is 0 Å². The van der Waals surface area contributed by atoms with Crippen LogP contribution in [0.25, 0.3) is 10.7 Å². The van der Waals surface area contributed by atoms with Gasteiger partial charge >= 0.3 is 5.97 Å². The Morgan fingerprint density at radius 1 is 1.29 bits per heavy atom. The zero-order valence-corrected chi connectivity index (χ0v) is 17.2. The first kappa shape index (κ1) is 18.8. The number of nitrogens with zero attached hydrogens (tertiary/aromatic N) is 3. The monoisotopic (exact) mass is 413 g/mol. The van der Waals surface area contributed by atoms with E-state index in [1.165, 1.54) is 21.8 Å². The van der Waals surface area contributed by atoms with Gasteiger partial charge in [-0.2, -0.15) is 0 Å². The number of pyridine rings is 1. The van der Waals surface area contributed by atoms with E-state index in [2.05, 4.69) is 16.0 Å². The molecule has 0 fully saturated rings. The molecule has 0 bridgehead atoms. The Labute approximate surface area is 170 Å². The van der Waals surface area contributed by atoms with Crippen LogP contribution in [0.15, 0.2) is 35.8 Å². The third kappa shape index (κ3) is 3.70. The van der Waals surface area contributed by atoms with Crippen LogP contribution in [0.1, 0.15) is 32.7 Å². The number of thiazole rings is 1. The first-order valence-electron chi connectivity index (χ1n) is 8.97. The number of esters is 1. The molecule has 4 heterocycles. The predicted molar refractivity (Wildman–Crippen MR) is 108 cm³/mol. The van der Waals surface area contributed by atoms with Crippen LogP contribution in [0.5, 0.6) is 0 Å². The zero-order chi connectivity index (χ0) is 19.7. The van der Waals surface area contributed by atoms with Crippen molar-refractivity contribution in [3.8, 4) is 10.7 Å². The number of fused-ring (bicyclic) bond motifs is 1. The maximum absolute atomic E-state index is 12.7. The molecule has 4 rings (SSSR count). The van der Waals surface area contributed by atoms with Crippen molar-refractivity contribution in [1.82, 2.24) is 14.9 Å². The summed E-state index contributed by atoms with van der Waals surface area (Å²) in [6.45, 7) is 4.61. The molecule has 1 unspecified atom stereocenters. The molecule has 0 saturated heterocycles. The second-order valence-corrected chi connectivity index (χ2v) is 8.57. The first-order chi connectivity index (χ1) is 13.5. The minimum Gasteiger partial charge on any atom is -0.448 e. The molecule has 3 aromatic rings. The molecular weight excluding hydrogens is 394 g/mol. The van der Waals surface area contributed by atoms with Gasteiger partial charge in [0.1, 0.15) is 9.88 Å². The van der Waals surface area contributed by atoms with Crippen LogP contribution in [0.3, 0.4) is 0 Å².